The third-order valence-electron chi connectivity index (χ3n) is 3.04. The van der Waals surface area contributed by atoms with Crippen LogP contribution in [0.3, 0.4) is 0 Å². The van der Waals surface area contributed by atoms with Gasteiger partial charge in [0.15, 0.2) is 0 Å². The summed E-state index contributed by atoms with van der Waals surface area (Å²) < 4.78 is 42.1. The van der Waals surface area contributed by atoms with E-state index in [4.69, 9.17) is 4.74 Å². The number of amides is 2. The highest BCUT2D eigenvalue weighted by Gasteiger charge is 2.39. The fraction of sp³-hybridized carbons (Fsp3) is 0.118. The van der Waals surface area contributed by atoms with Crippen molar-refractivity contribution >= 4 is 29.2 Å². The monoisotopic (exact) mass is 366 g/mol. The molecule has 0 aromatic heterocycles. The van der Waals surface area contributed by atoms with Gasteiger partial charge in [-0.2, -0.15) is 13.2 Å². The molecule has 26 heavy (non-hydrogen) atoms. The third kappa shape index (κ3) is 5.07. The number of carbonyl (C=O) groups excluding carboxylic acids is 3. The summed E-state index contributed by atoms with van der Waals surface area (Å²) >= 11 is 0. The van der Waals surface area contributed by atoms with Crippen LogP contribution in [0.5, 0.6) is 5.75 Å². The number of para-hydroxylation sites is 2. The number of halogens is 3. The van der Waals surface area contributed by atoms with E-state index in [-0.39, 0.29) is 22.7 Å². The molecular weight excluding hydrogens is 353 g/mol. The van der Waals surface area contributed by atoms with Gasteiger partial charge in [0.1, 0.15) is 5.75 Å². The minimum absolute atomic E-state index is 0.0204. The van der Waals surface area contributed by atoms with Gasteiger partial charge in [0.25, 0.3) is 5.91 Å². The van der Waals surface area contributed by atoms with E-state index in [0.717, 1.165) is 0 Å². The van der Waals surface area contributed by atoms with Crippen LogP contribution in [0.15, 0.2) is 48.5 Å². The summed E-state index contributed by atoms with van der Waals surface area (Å²) in [6.07, 6.45) is -5.06. The number of benzene rings is 2. The summed E-state index contributed by atoms with van der Waals surface area (Å²) in [4.78, 5) is 34.4. The van der Waals surface area contributed by atoms with Crippen molar-refractivity contribution in [2.45, 2.75) is 13.1 Å². The second kappa shape index (κ2) is 7.68. The summed E-state index contributed by atoms with van der Waals surface area (Å²) in [5, 5.41) is 4.10. The summed E-state index contributed by atoms with van der Waals surface area (Å²) in [7, 11) is 0. The van der Waals surface area contributed by atoms with Crippen molar-refractivity contribution in [1.82, 2.24) is 0 Å². The molecule has 2 N–H and O–H groups in total. The Morgan fingerprint density at radius 3 is 2.12 bits per heavy atom. The van der Waals surface area contributed by atoms with Crippen LogP contribution in [0.25, 0.3) is 0 Å². The lowest BCUT2D eigenvalue weighted by Crippen LogP contribution is -2.30. The second-order valence-corrected chi connectivity index (χ2v) is 5.07. The molecule has 2 aromatic rings. The molecule has 0 heterocycles. The van der Waals surface area contributed by atoms with Gasteiger partial charge in [0.05, 0.1) is 11.4 Å². The first-order valence-electron chi connectivity index (χ1n) is 7.24. The molecule has 2 aromatic carbocycles. The van der Waals surface area contributed by atoms with Crippen molar-refractivity contribution in [3.05, 3.63) is 54.1 Å². The lowest BCUT2D eigenvalue weighted by atomic mass is 10.2. The Kier molecular flexibility index (Phi) is 5.61. The SMILES string of the molecule is CC(=O)Oc1cccc(C(=O)Nc2ccccc2NC(=O)C(F)(F)F)c1. The number of hydrogen-bond donors (Lipinski definition) is 2. The predicted octanol–water partition coefficient (Wildman–Crippen LogP) is 3.37. The lowest BCUT2D eigenvalue weighted by Gasteiger charge is -2.13. The number of alkyl halides is 3. The molecule has 0 atom stereocenters. The molecule has 0 aliphatic heterocycles. The van der Waals surface area contributed by atoms with E-state index in [1.54, 1.807) is 5.32 Å². The van der Waals surface area contributed by atoms with Crippen LogP contribution >= 0.6 is 0 Å². The van der Waals surface area contributed by atoms with Gasteiger partial charge in [-0.25, -0.2) is 0 Å². The lowest BCUT2D eigenvalue weighted by molar-refractivity contribution is -0.167. The Labute approximate surface area is 146 Å². The van der Waals surface area contributed by atoms with Gasteiger partial charge in [-0.15, -0.1) is 0 Å². The average Bonchev–Trinajstić information content (AvgIpc) is 2.55. The van der Waals surface area contributed by atoms with E-state index in [9.17, 15) is 27.6 Å². The molecule has 136 valence electrons. The van der Waals surface area contributed by atoms with Crippen LogP contribution in [0.2, 0.25) is 0 Å². The fourth-order valence-electron chi connectivity index (χ4n) is 1.96. The molecule has 0 saturated heterocycles. The molecule has 0 unspecified atom stereocenters. The fourth-order valence-corrected chi connectivity index (χ4v) is 1.96. The molecular formula is C17H13F3N2O4. The van der Waals surface area contributed by atoms with E-state index >= 15 is 0 Å². The minimum atomic E-state index is -5.06. The summed E-state index contributed by atoms with van der Waals surface area (Å²) in [6, 6.07) is 11.1. The zero-order valence-corrected chi connectivity index (χ0v) is 13.4. The van der Waals surface area contributed by atoms with Crippen LogP contribution in [-0.2, 0) is 9.59 Å². The van der Waals surface area contributed by atoms with Crippen molar-refractivity contribution in [2.75, 3.05) is 10.6 Å². The maximum Gasteiger partial charge on any atom is 0.471 e. The van der Waals surface area contributed by atoms with Crippen molar-refractivity contribution < 1.29 is 32.3 Å². The van der Waals surface area contributed by atoms with Crippen molar-refractivity contribution in [2.24, 2.45) is 0 Å². The molecule has 2 rings (SSSR count). The first-order valence-corrected chi connectivity index (χ1v) is 7.24. The standard InChI is InChI=1S/C17H13F3N2O4/c1-10(23)26-12-6-4-5-11(9-12)15(24)21-13-7-2-3-8-14(13)22-16(25)17(18,19)20/h2-9H,1H3,(H,21,24)(H,22,25). The number of ether oxygens (including phenoxy) is 1. The van der Waals surface area contributed by atoms with E-state index in [2.05, 4.69) is 5.32 Å². The largest absolute Gasteiger partial charge is 0.471 e. The maximum absolute atomic E-state index is 12.4. The summed E-state index contributed by atoms with van der Waals surface area (Å²) in [5.74, 6) is -3.24. The van der Waals surface area contributed by atoms with Gasteiger partial charge >= 0.3 is 18.1 Å². The predicted molar refractivity (Wildman–Crippen MR) is 86.8 cm³/mol. The van der Waals surface area contributed by atoms with Gasteiger partial charge in [0, 0.05) is 12.5 Å². The van der Waals surface area contributed by atoms with Gasteiger partial charge in [-0.1, -0.05) is 18.2 Å². The highest BCUT2D eigenvalue weighted by atomic mass is 19.4. The van der Waals surface area contributed by atoms with E-state index in [1.807, 2.05) is 0 Å². The van der Waals surface area contributed by atoms with Crippen molar-refractivity contribution in [1.29, 1.82) is 0 Å². The number of rotatable bonds is 4. The Bertz CT molecular complexity index is 850. The highest BCUT2D eigenvalue weighted by Crippen LogP contribution is 2.25. The topological polar surface area (TPSA) is 84.5 Å². The molecule has 0 aliphatic carbocycles. The molecule has 0 bridgehead atoms. The molecule has 0 aliphatic rings. The number of esters is 1. The van der Waals surface area contributed by atoms with E-state index in [0.29, 0.717) is 0 Å². The first kappa shape index (κ1) is 19.0. The molecule has 2 amide bonds. The Hall–Kier alpha value is -3.36. The molecule has 9 heteroatoms. The summed E-state index contributed by atoms with van der Waals surface area (Å²) in [6.45, 7) is 1.20. The number of hydrogen-bond acceptors (Lipinski definition) is 4. The maximum atomic E-state index is 12.4. The number of anilines is 2. The molecule has 0 saturated carbocycles. The van der Waals surface area contributed by atoms with Crippen LogP contribution in [0, 0.1) is 0 Å². The van der Waals surface area contributed by atoms with Gasteiger partial charge in [-0.05, 0) is 30.3 Å². The minimum Gasteiger partial charge on any atom is -0.427 e. The normalized spacial score (nSPS) is 10.8. The molecule has 6 nitrogen and oxygen atoms in total. The molecule has 0 fully saturated rings. The Balaban J connectivity index is 2.20. The van der Waals surface area contributed by atoms with Gasteiger partial charge < -0.3 is 15.4 Å². The average molecular weight is 366 g/mol. The number of carbonyl (C=O) groups is 3. The Morgan fingerprint density at radius 1 is 0.923 bits per heavy atom. The zero-order chi connectivity index (χ0) is 19.3. The zero-order valence-electron chi connectivity index (χ0n) is 13.4. The van der Waals surface area contributed by atoms with Crippen LogP contribution in [0.4, 0.5) is 24.5 Å². The van der Waals surface area contributed by atoms with Crippen LogP contribution < -0.4 is 15.4 Å². The van der Waals surface area contributed by atoms with Crippen molar-refractivity contribution in [3.63, 3.8) is 0 Å². The third-order valence-corrected chi connectivity index (χ3v) is 3.04. The van der Waals surface area contributed by atoms with Gasteiger partial charge in [-0.3, -0.25) is 14.4 Å². The van der Waals surface area contributed by atoms with Crippen LogP contribution in [-0.4, -0.2) is 24.0 Å². The first-order chi connectivity index (χ1) is 12.2. The molecule has 0 spiro atoms. The second-order valence-electron chi connectivity index (χ2n) is 5.07. The molecule has 0 radical (unpaired) electrons. The quantitative estimate of drug-likeness (QED) is 0.642. The van der Waals surface area contributed by atoms with Crippen molar-refractivity contribution in [3.8, 4) is 5.75 Å². The smallest absolute Gasteiger partial charge is 0.427 e. The highest BCUT2D eigenvalue weighted by molar-refractivity contribution is 6.07. The van der Waals surface area contributed by atoms with Gasteiger partial charge in [0.2, 0.25) is 0 Å². The van der Waals surface area contributed by atoms with E-state index < -0.39 is 24.0 Å². The van der Waals surface area contributed by atoms with E-state index in [1.165, 1.54) is 55.5 Å². The number of nitrogens with one attached hydrogen (secondary N) is 2. The Morgan fingerprint density at radius 2 is 1.54 bits per heavy atom. The van der Waals surface area contributed by atoms with Crippen LogP contribution in [0.1, 0.15) is 17.3 Å². The summed E-state index contributed by atoms with van der Waals surface area (Å²) in [5.41, 5.74) is -0.118.